The van der Waals surface area contributed by atoms with Gasteiger partial charge in [0.2, 0.25) is 0 Å². The van der Waals surface area contributed by atoms with Crippen molar-refractivity contribution in [3.63, 3.8) is 0 Å². The molecule has 0 spiro atoms. The van der Waals surface area contributed by atoms with Crippen LogP contribution in [0.4, 0.5) is 10.1 Å². The van der Waals surface area contributed by atoms with Gasteiger partial charge in [-0.05, 0) is 37.6 Å². The van der Waals surface area contributed by atoms with E-state index in [1.54, 1.807) is 13.0 Å². The summed E-state index contributed by atoms with van der Waals surface area (Å²) in [5.41, 5.74) is 1.27. The van der Waals surface area contributed by atoms with E-state index in [0.29, 0.717) is 22.3 Å². The van der Waals surface area contributed by atoms with Gasteiger partial charge in [-0.15, -0.1) is 0 Å². The lowest BCUT2D eigenvalue weighted by Gasteiger charge is -2.14. The van der Waals surface area contributed by atoms with Crippen LogP contribution in [0.3, 0.4) is 0 Å². The van der Waals surface area contributed by atoms with Crippen LogP contribution in [0, 0.1) is 12.7 Å². The number of rotatable bonds is 2. The Bertz CT molecular complexity index is 362. The Morgan fingerprint density at radius 3 is 3.00 bits per heavy atom. The third-order valence-electron chi connectivity index (χ3n) is 2.67. The lowest BCUT2D eigenvalue weighted by Crippen LogP contribution is -2.22. The van der Waals surface area contributed by atoms with E-state index in [1.807, 2.05) is 0 Å². The van der Waals surface area contributed by atoms with Crippen molar-refractivity contribution < 1.29 is 4.39 Å². The predicted octanol–water partition coefficient (Wildman–Crippen LogP) is 2.56. The second kappa shape index (κ2) is 4.37. The van der Waals surface area contributed by atoms with E-state index < -0.39 is 0 Å². The molecule has 0 aromatic heterocycles. The van der Waals surface area contributed by atoms with E-state index in [9.17, 15) is 4.39 Å². The van der Waals surface area contributed by atoms with Crippen molar-refractivity contribution >= 4 is 17.3 Å². The topological polar surface area (TPSA) is 24.1 Å². The van der Waals surface area contributed by atoms with Gasteiger partial charge in [0, 0.05) is 12.6 Å². The third-order valence-corrected chi connectivity index (χ3v) is 2.98. The SMILES string of the molecule is Cc1cc(Cl)c(NC2CCNC2)cc1F. The maximum absolute atomic E-state index is 13.3. The van der Waals surface area contributed by atoms with Crippen LogP contribution in [0.2, 0.25) is 5.02 Å². The van der Waals surface area contributed by atoms with Crippen LogP contribution < -0.4 is 10.6 Å². The standard InChI is InChI=1S/C11H14ClFN2/c1-7-4-9(12)11(5-10(7)13)15-8-2-3-14-6-8/h4-5,8,14-15H,2-3,6H2,1H3. The minimum Gasteiger partial charge on any atom is -0.380 e. The van der Waals surface area contributed by atoms with Gasteiger partial charge in [0.15, 0.2) is 0 Å². The summed E-state index contributed by atoms with van der Waals surface area (Å²) in [6, 6.07) is 3.47. The van der Waals surface area contributed by atoms with E-state index in [4.69, 9.17) is 11.6 Å². The van der Waals surface area contributed by atoms with Crippen LogP contribution in [0.25, 0.3) is 0 Å². The number of hydrogen-bond donors (Lipinski definition) is 2. The number of anilines is 1. The molecule has 82 valence electrons. The van der Waals surface area contributed by atoms with Crippen LogP contribution in [0.15, 0.2) is 12.1 Å². The maximum atomic E-state index is 13.3. The summed E-state index contributed by atoms with van der Waals surface area (Å²) in [5.74, 6) is -0.215. The summed E-state index contributed by atoms with van der Waals surface area (Å²) in [6.07, 6.45) is 1.05. The van der Waals surface area contributed by atoms with Gasteiger partial charge in [-0.3, -0.25) is 0 Å². The molecule has 1 atom stereocenters. The quantitative estimate of drug-likeness (QED) is 0.813. The highest BCUT2D eigenvalue weighted by Crippen LogP contribution is 2.26. The lowest BCUT2D eigenvalue weighted by atomic mass is 10.2. The minimum absolute atomic E-state index is 0.215. The third kappa shape index (κ3) is 2.41. The highest BCUT2D eigenvalue weighted by molar-refractivity contribution is 6.33. The average molecular weight is 229 g/mol. The summed E-state index contributed by atoms with van der Waals surface area (Å²) in [7, 11) is 0. The van der Waals surface area contributed by atoms with E-state index in [-0.39, 0.29) is 5.82 Å². The number of aryl methyl sites for hydroxylation is 1. The van der Waals surface area contributed by atoms with Crippen molar-refractivity contribution in [1.29, 1.82) is 0 Å². The molecule has 15 heavy (non-hydrogen) atoms. The van der Waals surface area contributed by atoms with Crippen LogP contribution in [0.1, 0.15) is 12.0 Å². The molecule has 0 saturated carbocycles. The number of benzene rings is 1. The molecular weight excluding hydrogens is 215 g/mol. The minimum atomic E-state index is -0.215. The zero-order valence-electron chi connectivity index (χ0n) is 8.61. The van der Waals surface area contributed by atoms with Crippen LogP contribution in [-0.2, 0) is 0 Å². The highest BCUT2D eigenvalue weighted by Gasteiger charge is 2.15. The van der Waals surface area contributed by atoms with Crippen molar-refractivity contribution in [2.24, 2.45) is 0 Å². The van der Waals surface area contributed by atoms with Gasteiger partial charge in [0.05, 0.1) is 10.7 Å². The molecule has 0 bridgehead atoms. The van der Waals surface area contributed by atoms with Gasteiger partial charge in [-0.25, -0.2) is 4.39 Å². The van der Waals surface area contributed by atoms with Crippen LogP contribution >= 0.6 is 11.6 Å². The molecule has 1 aromatic carbocycles. The van der Waals surface area contributed by atoms with Crippen molar-refractivity contribution in [3.8, 4) is 0 Å². The molecule has 2 nitrogen and oxygen atoms in total. The Labute approximate surface area is 93.8 Å². The molecule has 2 N–H and O–H groups in total. The molecule has 0 amide bonds. The monoisotopic (exact) mass is 228 g/mol. The van der Waals surface area contributed by atoms with Gasteiger partial charge < -0.3 is 10.6 Å². The molecular formula is C11H14ClFN2. The van der Waals surface area contributed by atoms with Crippen LogP contribution in [-0.4, -0.2) is 19.1 Å². The van der Waals surface area contributed by atoms with Crippen molar-refractivity contribution in [2.45, 2.75) is 19.4 Å². The summed E-state index contributed by atoms with van der Waals surface area (Å²) >= 11 is 6.03. The zero-order chi connectivity index (χ0) is 10.8. The first kappa shape index (κ1) is 10.7. The average Bonchev–Trinajstić information content (AvgIpc) is 2.67. The fraction of sp³-hybridized carbons (Fsp3) is 0.455. The van der Waals surface area contributed by atoms with Crippen molar-refractivity contribution in [3.05, 3.63) is 28.5 Å². The Morgan fingerprint density at radius 2 is 2.33 bits per heavy atom. The fourth-order valence-corrected chi connectivity index (χ4v) is 2.03. The molecule has 1 aromatic rings. The number of halogens is 2. The molecule has 1 fully saturated rings. The maximum Gasteiger partial charge on any atom is 0.128 e. The lowest BCUT2D eigenvalue weighted by molar-refractivity contribution is 0.618. The summed E-state index contributed by atoms with van der Waals surface area (Å²) in [5, 5.41) is 7.07. The molecule has 1 heterocycles. The Kier molecular flexibility index (Phi) is 3.12. The van der Waals surface area contributed by atoms with Gasteiger partial charge >= 0.3 is 0 Å². The van der Waals surface area contributed by atoms with Gasteiger partial charge in [0.1, 0.15) is 5.82 Å². The van der Waals surface area contributed by atoms with E-state index in [2.05, 4.69) is 10.6 Å². The Hall–Kier alpha value is -0.800. The number of hydrogen-bond acceptors (Lipinski definition) is 2. The Morgan fingerprint density at radius 1 is 1.53 bits per heavy atom. The van der Waals surface area contributed by atoms with E-state index in [1.165, 1.54) is 6.07 Å². The summed E-state index contributed by atoms with van der Waals surface area (Å²) in [4.78, 5) is 0. The first-order valence-corrected chi connectivity index (χ1v) is 5.47. The molecule has 1 aliphatic heterocycles. The van der Waals surface area contributed by atoms with Crippen molar-refractivity contribution in [2.75, 3.05) is 18.4 Å². The fourth-order valence-electron chi connectivity index (χ4n) is 1.75. The van der Waals surface area contributed by atoms with Crippen LogP contribution in [0.5, 0.6) is 0 Å². The zero-order valence-corrected chi connectivity index (χ0v) is 9.37. The molecule has 1 aliphatic rings. The normalized spacial score (nSPS) is 20.6. The first-order chi connectivity index (χ1) is 7.16. The Balaban J connectivity index is 2.16. The molecule has 1 saturated heterocycles. The second-order valence-electron chi connectivity index (χ2n) is 3.92. The highest BCUT2D eigenvalue weighted by atomic mass is 35.5. The molecule has 0 aliphatic carbocycles. The molecule has 1 unspecified atom stereocenters. The molecule has 4 heteroatoms. The smallest absolute Gasteiger partial charge is 0.128 e. The van der Waals surface area contributed by atoms with E-state index in [0.717, 1.165) is 19.5 Å². The summed E-state index contributed by atoms with van der Waals surface area (Å²) < 4.78 is 13.3. The van der Waals surface area contributed by atoms with E-state index >= 15 is 0 Å². The summed E-state index contributed by atoms with van der Waals surface area (Å²) in [6.45, 7) is 3.62. The number of nitrogens with one attached hydrogen (secondary N) is 2. The van der Waals surface area contributed by atoms with Gasteiger partial charge in [-0.2, -0.15) is 0 Å². The van der Waals surface area contributed by atoms with Gasteiger partial charge in [0.25, 0.3) is 0 Å². The van der Waals surface area contributed by atoms with Gasteiger partial charge in [-0.1, -0.05) is 11.6 Å². The molecule has 2 rings (SSSR count). The molecule has 0 radical (unpaired) electrons. The predicted molar refractivity (Wildman–Crippen MR) is 61.0 cm³/mol. The first-order valence-electron chi connectivity index (χ1n) is 5.09. The van der Waals surface area contributed by atoms with Crippen molar-refractivity contribution in [1.82, 2.24) is 5.32 Å². The second-order valence-corrected chi connectivity index (χ2v) is 4.32. The largest absolute Gasteiger partial charge is 0.380 e.